The van der Waals surface area contributed by atoms with Crippen LogP contribution in [-0.4, -0.2) is 6.04 Å². The van der Waals surface area contributed by atoms with Crippen LogP contribution in [0.5, 0.6) is 0 Å². The zero-order chi connectivity index (χ0) is 7.40. The molecule has 1 nitrogen and oxygen atoms in total. The van der Waals surface area contributed by atoms with Crippen LogP contribution in [0, 0.1) is 0 Å². The van der Waals surface area contributed by atoms with Gasteiger partial charge in [0, 0.05) is 11.7 Å². The molecule has 1 aromatic carbocycles. The standard InChI is InChI=1S/C9H13N.ClH/c1-8(2)10-9-6-4-3-5-7-9;/h3-8,10H,1-2H3;1H. The summed E-state index contributed by atoms with van der Waals surface area (Å²) in [4.78, 5) is 0. The van der Waals surface area contributed by atoms with Gasteiger partial charge in [0.05, 0.1) is 0 Å². The predicted molar refractivity (Wildman–Crippen MR) is 52.4 cm³/mol. The van der Waals surface area contributed by atoms with E-state index in [1.54, 1.807) is 0 Å². The highest BCUT2D eigenvalue weighted by atomic mass is 35.5. The summed E-state index contributed by atoms with van der Waals surface area (Å²) >= 11 is 0. The van der Waals surface area contributed by atoms with Gasteiger partial charge >= 0.3 is 0 Å². The molecule has 11 heavy (non-hydrogen) atoms. The molecule has 0 amide bonds. The third kappa shape index (κ3) is 3.89. The molecule has 1 aromatic rings. The largest absolute Gasteiger partial charge is 0.383 e. The second kappa shape index (κ2) is 5.03. The van der Waals surface area contributed by atoms with Gasteiger partial charge < -0.3 is 5.32 Å². The van der Waals surface area contributed by atoms with Crippen molar-refractivity contribution in [2.75, 3.05) is 5.32 Å². The number of benzene rings is 1. The summed E-state index contributed by atoms with van der Waals surface area (Å²) < 4.78 is 0. The number of nitrogens with one attached hydrogen (secondary N) is 1. The van der Waals surface area contributed by atoms with Gasteiger partial charge in [-0.3, -0.25) is 0 Å². The van der Waals surface area contributed by atoms with Crippen LogP contribution in [0.15, 0.2) is 30.3 Å². The first-order valence-electron chi connectivity index (χ1n) is 3.60. The Balaban J connectivity index is 0.000001000. The smallest absolute Gasteiger partial charge is 0.0342 e. The molecular formula is C9H14ClN. The lowest BCUT2D eigenvalue weighted by Gasteiger charge is -2.08. The quantitative estimate of drug-likeness (QED) is 0.722. The Hall–Kier alpha value is -0.690. The van der Waals surface area contributed by atoms with Crippen LogP contribution in [0.25, 0.3) is 0 Å². The molecule has 0 spiro atoms. The van der Waals surface area contributed by atoms with Gasteiger partial charge in [-0.1, -0.05) is 18.2 Å². The van der Waals surface area contributed by atoms with Gasteiger partial charge in [0.2, 0.25) is 0 Å². The van der Waals surface area contributed by atoms with Crippen LogP contribution < -0.4 is 5.32 Å². The number of hydrogen-bond donors (Lipinski definition) is 1. The fourth-order valence-electron chi connectivity index (χ4n) is 0.868. The molecule has 0 fully saturated rings. The molecule has 0 aliphatic rings. The summed E-state index contributed by atoms with van der Waals surface area (Å²) in [6.07, 6.45) is 0. The first-order chi connectivity index (χ1) is 4.79. The summed E-state index contributed by atoms with van der Waals surface area (Å²) in [6.45, 7) is 4.26. The summed E-state index contributed by atoms with van der Waals surface area (Å²) in [5, 5.41) is 3.30. The Morgan fingerprint density at radius 3 is 2.09 bits per heavy atom. The second-order valence-electron chi connectivity index (χ2n) is 2.67. The van der Waals surface area contributed by atoms with Crippen molar-refractivity contribution in [3.05, 3.63) is 30.3 Å². The summed E-state index contributed by atoms with van der Waals surface area (Å²) in [5.74, 6) is 0. The highest BCUT2D eigenvalue weighted by molar-refractivity contribution is 5.85. The predicted octanol–water partition coefficient (Wildman–Crippen LogP) is 2.93. The molecule has 0 bridgehead atoms. The normalized spacial score (nSPS) is 9.00. The lowest BCUT2D eigenvalue weighted by atomic mass is 10.3. The third-order valence-electron chi connectivity index (χ3n) is 1.23. The van der Waals surface area contributed by atoms with Crippen molar-refractivity contribution >= 4 is 18.1 Å². The Morgan fingerprint density at radius 1 is 1.09 bits per heavy atom. The molecule has 0 radical (unpaired) electrons. The molecule has 1 N–H and O–H groups in total. The van der Waals surface area contributed by atoms with Crippen molar-refractivity contribution < 1.29 is 0 Å². The molecule has 0 aromatic heterocycles. The van der Waals surface area contributed by atoms with E-state index in [1.807, 2.05) is 18.2 Å². The van der Waals surface area contributed by atoms with Crippen LogP contribution in [0.2, 0.25) is 0 Å². The number of para-hydroxylation sites is 1. The zero-order valence-electron chi connectivity index (χ0n) is 6.87. The molecule has 0 atom stereocenters. The molecule has 0 aliphatic carbocycles. The number of halogens is 1. The van der Waals surface area contributed by atoms with E-state index < -0.39 is 0 Å². The van der Waals surface area contributed by atoms with Crippen molar-refractivity contribution in [1.82, 2.24) is 0 Å². The molecule has 2 heteroatoms. The fraction of sp³-hybridized carbons (Fsp3) is 0.333. The van der Waals surface area contributed by atoms with Gasteiger partial charge in [0.1, 0.15) is 0 Å². The van der Waals surface area contributed by atoms with Gasteiger partial charge in [-0.15, -0.1) is 12.4 Å². The average Bonchev–Trinajstić information content (AvgIpc) is 1.88. The lowest BCUT2D eigenvalue weighted by Crippen LogP contribution is -2.08. The second-order valence-corrected chi connectivity index (χ2v) is 2.67. The highest BCUT2D eigenvalue weighted by Gasteiger charge is 1.90. The first-order valence-corrected chi connectivity index (χ1v) is 3.60. The maximum atomic E-state index is 3.30. The van der Waals surface area contributed by atoms with E-state index >= 15 is 0 Å². The van der Waals surface area contributed by atoms with Crippen LogP contribution in [0.3, 0.4) is 0 Å². The number of hydrogen-bond acceptors (Lipinski definition) is 1. The van der Waals surface area contributed by atoms with Crippen LogP contribution in [0.1, 0.15) is 13.8 Å². The van der Waals surface area contributed by atoms with Crippen molar-refractivity contribution in [3.63, 3.8) is 0 Å². The first kappa shape index (κ1) is 10.3. The van der Waals surface area contributed by atoms with Gasteiger partial charge in [-0.2, -0.15) is 0 Å². The Bertz CT molecular complexity index is 184. The van der Waals surface area contributed by atoms with E-state index in [9.17, 15) is 0 Å². The monoisotopic (exact) mass is 171 g/mol. The molecule has 62 valence electrons. The molecule has 0 saturated carbocycles. The van der Waals surface area contributed by atoms with Crippen LogP contribution in [-0.2, 0) is 0 Å². The maximum absolute atomic E-state index is 3.30. The Kier molecular flexibility index (Phi) is 4.71. The zero-order valence-corrected chi connectivity index (χ0v) is 7.69. The summed E-state index contributed by atoms with van der Waals surface area (Å²) in [5.41, 5.74) is 1.19. The van der Waals surface area contributed by atoms with Crippen molar-refractivity contribution in [3.8, 4) is 0 Å². The molecule has 0 unspecified atom stereocenters. The van der Waals surface area contributed by atoms with E-state index in [2.05, 4.69) is 31.3 Å². The molecule has 0 heterocycles. The SMILES string of the molecule is CC(C)Nc1ccccc1.Cl. The van der Waals surface area contributed by atoms with E-state index in [1.165, 1.54) is 5.69 Å². The Labute approximate surface area is 74.2 Å². The van der Waals surface area contributed by atoms with Crippen molar-refractivity contribution in [2.45, 2.75) is 19.9 Å². The average molecular weight is 172 g/mol. The van der Waals surface area contributed by atoms with Gasteiger partial charge in [-0.25, -0.2) is 0 Å². The van der Waals surface area contributed by atoms with E-state index in [4.69, 9.17) is 0 Å². The molecular weight excluding hydrogens is 158 g/mol. The lowest BCUT2D eigenvalue weighted by molar-refractivity contribution is 0.900. The fourth-order valence-corrected chi connectivity index (χ4v) is 0.868. The van der Waals surface area contributed by atoms with Gasteiger partial charge in [0.25, 0.3) is 0 Å². The number of anilines is 1. The minimum atomic E-state index is 0. The van der Waals surface area contributed by atoms with E-state index in [0.29, 0.717) is 6.04 Å². The summed E-state index contributed by atoms with van der Waals surface area (Å²) in [6, 6.07) is 10.7. The maximum Gasteiger partial charge on any atom is 0.0342 e. The van der Waals surface area contributed by atoms with Gasteiger partial charge in [-0.05, 0) is 26.0 Å². The minimum absolute atomic E-state index is 0. The van der Waals surface area contributed by atoms with Gasteiger partial charge in [0.15, 0.2) is 0 Å². The van der Waals surface area contributed by atoms with Crippen LogP contribution in [0.4, 0.5) is 5.69 Å². The number of rotatable bonds is 2. The van der Waals surface area contributed by atoms with E-state index in [0.717, 1.165) is 0 Å². The highest BCUT2D eigenvalue weighted by Crippen LogP contribution is 2.05. The topological polar surface area (TPSA) is 12.0 Å². The minimum Gasteiger partial charge on any atom is -0.383 e. The summed E-state index contributed by atoms with van der Waals surface area (Å²) in [7, 11) is 0. The van der Waals surface area contributed by atoms with E-state index in [-0.39, 0.29) is 12.4 Å². The third-order valence-corrected chi connectivity index (χ3v) is 1.23. The van der Waals surface area contributed by atoms with Crippen LogP contribution >= 0.6 is 12.4 Å². The van der Waals surface area contributed by atoms with Crippen molar-refractivity contribution in [2.24, 2.45) is 0 Å². The Morgan fingerprint density at radius 2 is 1.64 bits per heavy atom. The molecule has 0 saturated heterocycles. The molecule has 0 aliphatic heterocycles. The molecule has 1 rings (SSSR count). The van der Waals surface area contributed by atoms with Crippen molar-refractivity contribution in [1.29, 1.82) is 0 Å².